The molecule has 0 radical (unpaired) electrons. The van der Waals surface area contributed by atoms with Gasteiger partial charge in [-0.15, -0.1) is 11.3 Å². The third kappa shape index (κ3) is 2.08. The summed E-state index contributed by atoms with van der Waals surface area (Å²) in [4.78, 5) is 19.1. The number of aryl methyl sites for hydroxylation is 1. The predicted octanol–water partition coefficient (Wildman–Crippen LogP) is 2.86. The minimum Gasteiger partial charge on any atom is -0.375 e. The summed E-state index contributed by atoms with van der Waals surface area (Å²) in [5, 5.41) is 0.614. The largest absolute Gasteiger partial charge is 0.375 e. The Kier molecular flexibility index (Phi) is 3.22. The van der Waals surface area contributed by atoms with E-state index in [1.165, 1.54) is 10.4 Å². The smallest absolute Gasteiger partial charge is 0.223 e. The highest BCUT2D eigenvalue weighted by Gasteiger charge is 2.23. The Morgan fingerprint density at radius 2 is 2.30 bits per heavy atom. The van der Waals surface area contributed by atoms with E-state index in [-0.39, 0.29) is 5.91 Å². The molecule has 0 fully saturated rings. The van der Waals surface area contributed by atoms with E-state index < -0.39 is 0 Å². The zero-order chi connectivity index (χ0) is 14.3. The summed E-state index contributed by atoms with van der Waals surface area (Å²) < 4.78 is 0. The van der Waals surface area contributed by atoms with Gasteiger partial charge in [0.15, 0.2) is 5.13 Å². The van der Waals surface area contributed by atoms with Crippen LogP contribution in [0.25, 0.3) is 11.3 Å². The molecular formula is C15H17N3OS. The van der Waals surface area contributed by atoms with Crippen molar-refractivity contribution in [3.05, 3.63) is 28.6 Å². The number of anilines is 2. The second kappa shape index (κ2) is 4.90. The first-order chi connectivity index (χ1) is 9.60. The van der Waals surface area contributed by atoms with Crippen LogP contribution in [-0.2, 0) is 17.6 Å². The Morgan fingerprint density at radius 3 is 3.00 bits per heavy atom. The van der Waals surface area contributed by atoms with Crippen molar-refractivity contribution in [1.82, 2.24) is 4.98 Å². The molecule has 1 aromatic heterocycles. The average Bonchev–Trinajstić information content (AvgIpc) is 3.00. The Bertz CT molecular complexity index is 678. The molecule has 0 unspecified atom stereocenters. The summed E-state index contributed by atoms with van der Waals surface area (Å²) in [6, 6.07) is 6.20. The molecule has 20 heavy (non-hydrogen) atoms. The fourth-order valence-electron chi connectivity index (χ4n) is 2.71. The van der Waals surface area contributed by atoms with Crippen LogP contribution in [0.5, 0.6) is 0 Å². The first-order valence-corrected chi connectivity index (χ1v) is 7.58. The van der Waals surface area contributed by atoms with Gasteiger partial charge in [-0.05, 0) is 30.5 Å². The lowest BCUT2D eigenvalue weighted by atomic mass is 10.0. The molecule has 3 rings (SSSR count). The molecule has 2 N–H and O–H groups in total. The van der Waals surface area contributed by atoms with Crippen LogP contribution in [0.2, 0.25) is 0 Å². The summed E-state index contributed by atoms with van der Waals surface area (Å²) in [6.07, 6.45) is 1.84. The number of carbonyl (C=O) groups excluding carboxylic acids is 1. The number of hydrogen-bond acceptors (Lipinski definition) is 4. The number of nitrogen functional groups attached to an aromatic ring is 1. The van der Waals surface area contributed by atoms with Crippen molar-refractivity contribution in [3.8, 4) is 11.3 Å². The van der Waals surface area contributed by atoms with E-state index in [2.05, 4.69) is 18.0 Å². The normalized spacial score (nSPS) is 13.6. The molecule has 4 nitrogen and oxygen atoms in total. The number of nitrogens with zero attached hydrogens (tertiary/aromatic N) is 2. The average molecular weight is 287 g/mol. The number of rotatable bonds is 2. The van der Waals surface area contributed by atoms with Gasteiger partial charge in [0.2, 0.25) is 5.91 Å². The van der Waals surface area contributed by atoms with E-state index in [0.717, 1.165) is 36.3 Å². The lowest BCUT2D eigenvalue weighted by Crippen LogP contribution is -2.25. The third-order valence-corrected chi connectivity index (χ3v) is 4.69. The van der Waals surface area contributed by atoms with Crippen molar-refractivity contribution in [2.24, 2.45) is 0 Å². The van der Waals surface area contributed by atoms with Gasteiger partial charge in [-0.1, -0.05) is 13.0 Å². The monoisotopic (exact) mass is 287 g/mol. The van der Waals surface area contributed by atoms with Crippen molar-refractivity contribution < 1.29 is 4.79 Å². The number of carbonyl (C=O) groups is 1. The fraction of sp³-hybridized carbons (Fsp3) is 0.333. The lowest BCUT2D eigenvalue weighted by molar-refractivity contribution is -0.116. The first kappa shape index (κ1) is 13.1. The highest BCUT2D eigenvalue weighted by Crippen LogP contribution is 2.35. The zero-order valence-electron chi connectivity index (χ0n) is 11.6. The number of benzene rings is 1. The lowest BCUT2D eigenvalue weighted by Gasteiger charge is -2.14. The van der Waals surface area contributed by atoms with Crippen LogP contribution >= 0.6 is 11.3 Å². The van der Waals surface area contributed by atoms with E-state index in [0.29, 0.717) is 5.13 Å². The summed E-state index contributed by atoms with van der Waals surface area (Å²) in [6.45, 7) is 4.49. The molecular weight excluding hydrogens is 270 g/mol. The molecule has 0 bridgehead atoms. The predicted molar refractivity (Wildman–Crippen MR) is 83.1 cm³/mol. The number of thiazole rings is 1. The van der Waals surface area contributed by atoms with E-state index in [1.807, 2.05) is 17.0 Å². The van der Waals surface area contributed by atoms with E-state index in [4.69, 9.17) is 5.73 Å². The molecule has 0 aliphatic carbocycles. The van der Waals surface area contributed by atoms with Crippen LogP contribution in [-0.4, -0.2) is 17.4 Å². The first-order valence-electron chi connectivity index (χ1n) is 6.76. The van der Waals surface area contributed by atoms with Crippen molar-refractivity contribution in [1.29, 1.82) is 0 Å². The number of fused-ring (bicyclic) bond motifs is 1. The van der Waals surface area contributed by atoms with Crippen LogP contribution in [0.4, 0.5) is 10.8 Å². The Hall–Kier alpha value is -1.88. The van der Waals surface area contributed by atoms with Crippen LogP contribution < -0.4 is 10.6 Å². The standard InChI is InChI=1S/C15H17N3OS/c1-3-13-14(17-15(16)20-13)11-4-5-12-10(8-11)6-7-18(12)9(2)19/h4-5,8H,3,6-7H2,1-2H3,(H2,16,17). The van der Waals surface area contributed by atoms with Crippen LogP contribution in [0.15, 0.2) is 18.2 Å². The quantitative estimate of drug-likeness (QED) is 0.924. The van der Waals surface area contributed by atoms with Gasteiger partial charge < -0.3 is 10.6 Å². The Balaban J connectivity index is 2.03. The molecule has 1 aliphatic rings. The number of nitrogens with two attached hydrogens (primary N) is 1. The summed E-state index contributed by atoms with van der Waals surface area (Å²) in [5.41, 5.74) is 10.1. The molecule has 104 valence electrons. The van der Waals surface area contributed by atoms with Gasteiger partial charge in [0.1, 0.15) is 0 Å². The molecule has 1 amide bonds. The highest BCUT2D eigenvalue weighted by atomic mass is 32.1. The molecule has 2 heterocycles. The summed E-state index contributed by atoms with van der Waals surface area (Å²) >= 11 is 1.55. The van der Waals surface area contributed by atoms with Gasteiger partial charge in [-0.2, -0.15) is 0 Å². The number of amides is 1. The molecule has 1 aliphatic heterocycles. The minimum absolute atomic E-state index is 0.101. The molecule has 0 atom stereocenters. The van der Waals surface area contributed by atoms with Gasteiger partial charge in [0, 0.05) is 29.6 Å². The Labute approximate surface area is 122 Å². The van der Waals surface area contributed by atoms with Crippen molar-refractivity contribution in [3.63, 3.8) is 0 Å². The molecule has 0 saturated carbocycles. The maximum Gasteiger partial charge on any atom is 0.223 e. The zero-order valence-corrected chi connectivity index (χ0v) is 12.5. The maximum absolute atomic E-state index is 11.6. The van der Waals surface area contributed by atoms with Gasteiger partial charge in [0.25, 0.3) is 0 Å². The van der Waals surface area contributed by atoms with Crippen molar-refractivity contribution in [2.75, 3.05) is 17.2 Å². The van der Waals surface area contributed by atoms with Gasteiger partial charge in [0.05, 0.1) is 5.69 Å². The fourth-order valence-corrected chi connectivity index (χ4v) is 3.51. The van der Waals surface area contributed by atoms with Gasteiger partial charge >= 0.3 is 0 Å². The second-order valence-electron chi connectivity index (χ2n) is 4.94. The van der Waals surface area contributed by atoms with Gasteiger partial charge in [-0.3, -0.25) is 4.79 Å². The molecule has 0 saturated heterocycles. The topological polar surface area (TPSA) is 59.2 Å². The third-order valence-electron chi connectivity index (χ3n) is 3.66. The second-order valence-corrected chi connectivity index (χ2v) is 6.06. The highest BCUT2D eigenvalue weighted by molar-refractivity contribution is 7.15. The van der Waals surface area contributed by atoms with E-state index >= 15 is 0 Å². The number of aromatic nitrogens is 1. The van der Waals surface area contributed by atoms with Crippen LogP contribution in [0, 0.1) is 0 Å². The van der Waals surface area contributed by atoms with Crippen LogP contribution in [0.1, 0.15) is 24.3 Å². The van der Waals surface area contributed by atoms with E-state index in [9.17, 15) is 4.79 Å². The van der Waals surface area contributed by atoms with Crippen molar-refractivity contribution >= 4 is 28.1 Å². The maximum atomic E-state index is 11.6. The SMILES string of the molecule is CCc1sc(N)nc1-c1ccc2c(c1)CCN2C(C)=O. The van der Waals surface area contributed by atoms with E-state index in [1.54, 1.807) is 18.3 Å². The van der Waals surface area contributed by atoms with Crippen molar-refractivity contribution in [2.45, 2.75) is 26.7 Å². The van der Waals surface area contributed by atoms with Crippen LogP contribution in [0.3, 0.4) is 0 Å². The summed E-state index contributed by atoms with van der Waals surface area (Å²) in [5.74, 6) is 0.101. The molecule has 2 aromatic rings. The molecule has 1 aromatic carbocycles. The minimum atomic E-state index is 0.101. The number of hydrogen-bond donors (Lipinski definition) is 1. The van der Waals surface area contributed by atoms with Gasteiger partial charge in [-0.25, -0.2) is 4.98 Å². The summed E-state index contributed by atoms with van der Waals surface area (Å²) in [7, 11) is 0. The Morgan fingerprint density at radius 1 is 1.50 bits per heavy atom. The molecule has 0 spiro atoms. The molecule has 5 heteroatoms.